The Labute approximate surface area is 166 Å². The first kappa shape index (κ1) is 19.1. The third-order valence-corrected chi connectivity index (χ3v) is 5.39. The number of piperazine rings is 1. The first-order valence-corrected chi connectivity index (χ1v) is 10.0. The molecule has 0 radical (unpaired) electrons. The first-order chi connectivity index (χ1) is 13.8. The van der Waals surface area contributed by atoms with Crippen molar-refractivity contribution in [2.45, 2.75) is 6.42 Å². The molecule has 2 saturated heterocycles. The van der Waals surface area contributed by atoms with Gasteiger partial charge in [0.05, 0.1) is 6.61 Å². The zero-order valence-electron chi connectivity index (χ0n) is 16.2. The number of fused-ring (bicyclic) bond motifs is 1. The van der Waals surface area contributed by atoms with E-state index in [0.29, 0.717) is 5.75 Å². The average Bonchev–Trinajstić information content (AvgIpc) is 3.04. The van der Waals surface area contributed by atoms with Crippen LogP contribution in [-0.2, 0) is 9.53 Å². The summed E-state index contributed by atoms with van der Waals surface area (Å²) in [7, 11) is 0. The molecule has 28 heavy (non-hydrogen) atoms. The Hall–Kier alpha value is -2.27. The van der Waals surface area contributed by atoms with Crippen LogP contribution in [0.1, 0.15) is 12.0 Å². The van der Waals surface area contributed by atoms with Gasteiger partial charge in [-0.25, -0.2) is 0 Å². The monoisotopic (exact) mass is 385 g/mol. The molecule has 0 N–H and O–H groups in total. The average molecular weight is 385 g/mol. The highest BCUT2D eigenvalue weighted by atomic mass is 16.7. The summed E-state index contributed by atoms with van der Waals surface area (Å²) in [6, 6.07) is 5.49. The number of benzene rings is 1. The van der Waals surface area contributed by atoms with Crippen LogP contribution in [0.3, 0.4) is 0 Å². The molecule has 0 atom stereocenters. The second kappa shape index (κ2) is 9.28. The highest BCUT2D eigenvalue weighted by Gasteiger charge is 2.20. The zero-order valence-corrected chi connectivity index (χ0v) is 16.2. The number of ether oxygens (including phenoxy) is 3. The van der Waals surface area contributed by atoms with Gasteiger partial charge in [0.2, 0.25) is 6.79 Å². The van der Waals surface area contributed by atoms with Gasteiger partial charge in [-0.05, 0) is 24.6 Å². The van der Waals surface area contributed by atoms with Crippen molar-refractivity contribution in [2.24, 2.45) is 0 Å². The van der Waals surface area contributed by atoms with E-state index in [9.17, 15) is 4.79 Å². The number of carbonyl (C=O) groups excluding carboxylic acids is 1. The Kier molecular flexibility index (Phi) is 6.32. The largest absolute Gasteiger partial charge is 0.454 e. The standard InChI is InChI=1S/C21H27N3O4/c25-21(5-3-18-2-4-19-20(16-18)28-17-27-19)24-11-9-23(10-12-24)8-7-22-6-1-14-26-15-13-22/h2,4,16H,1,6-15,17H2. The molecular formula is C21H27N3O4. The van der Waals surface area contributed by atoms with Crippen molar-refractivity contribution in [3.63, 3.8) is 0 Å². The van der Waals surface area contributed by atoms with Crippen molar-refractivity contribution in [3.8, 4) is 23.3 Å². The third kappa shape index (κ3) is 4.96. The Bertz CT molecular complexity index is 742. The number of hydrogen-bond donors (Lipinski definition) is 0. The van der Waals surface area contributed by atoms with Crippen molar-refractivity contribution in [1.29, 1.82) is 0 Å². The van der Waals surface area contributed by atoms with Crippen molar-refractivity contribution in [2.75, 3.05) is 72.4 Å². The van der Waals surface area contributed by atoms with E-state index in [1.54, 1.807) is 0 Å². The molecule has 4 rings (SSSR count). The molecule has 0 saturated carbocycles. The van der Waals surface area contributed by atoms with E-state index in [1.807, 2.05) is 23.1 Å². The number of hydrogen-bond acceptors (Lipinski definition) is 6. The predicted molar refractivity (Wildman–Crippen MR) is 104 cm³/mol. The maximum Gasteiger partial charge on any atom is 0.298 e. The molecule has 3 heterocycles. The van der Waals surface area contributed by atoms with Gasteiger partial charge < -0.3 is 19.1 Å². The molecular weight excluding hydrogens is 358 g/mol. The Morgan fingerprint density at radius 1 is 0.929 bits per heavy atom. The quantitative estimate of drug-likeness (QED) is 0.712. The van der Waals surface area contributed by atoms with Gasteiger partial charge in [0.15, 0.2) is 11.5 Å². The summed E-state index contributed by atoms with van der Waals surface area (Å²) in [6.07, 6.45) is 1.12. The highest BCUT2D eigenvalue weighted by Crippen LogP contribution is 2.32. The minimum absolute atomic E-state index is 0.109. The lowest BCUT2D eigenvalue weighted by Crippen LogP contribution is -2.50. The van der Waals surface area contributed by atoms with Gasteiger partial charge in [-0.3, -0.25) is 14.6 Å². The molecule has 1 aromatic carbocycles. The number of amides is 1. The number of carbonyl (C=O) groups is 1. The van der Waals surface area contributed by atoms with E-state index in [-0.39, 0.29) is 12.7 Å². The van der Waals surface area contributed by atoms with Crippen LogP contribution in [0.15, 0.2) is 18.2 Å². The third-order valence-electron chi connectivity index (χ3n) is 5.39. The molecule has 7 nitrogen and oxygen atoms in total. The molecule has 1 aromatic rings. The summed E-state index contributed by atoms with van der Waals surface area (Å²) in [5.74, 6) is 7.01. The van der Waals surface area contributed by atoms with Crippen LogP contribution in [0.5, 0.6) is 11.5 Å². The lowest BCUT2D eigenvalue weighted by atomic mass is 10.2. The summed E-state index contributed by atoms with van der Waals surface area (Å²) in [5.41, 5.74) is 0.762. The molecule has 1 amide bonds. The van der Waals surface area contributed by atoms with Gasteiger partial charge >= 0.3 is 0 Å². The smallest absolute Gasteiger partial charge is 0.298 e. The van der Waals surface area contributed by atoms with Crippen LogP contribution in [0.25, 0.3) is 0 Å². The summed E-state index contributed by atoms with van der Waals surface area (Å²) in [6.45, 7) is 9.49. The summed E-state index contributed by atoms with van der Waals surface area (Å²) in [4.78, 5) is 19.2. The predicted octanol–water partition coefficient (Wildman–Crippen LogP) is 0.633. The van der Waals surface area contributed by atoms with Crippen LogP contribution in [0.2, 0.25) is 0 Å². The number of nitrogens with zero attached hydrogens (tertiary/aromatic N) is 3. The maximum atomic E-state index is 12.4. The van der Waals surface area contributed by atoms with Crippen LogP contribution in [-0.4, -0.2) is 93.0 Å². The van der Waals surface area contributed by atoms with Gasteiger partial charge in [0.1, 0.15) is 0 Å². The first-order valence-electron chi connectivity index (χ1n) is 10.0. The Morgan fingerprint density at radius 2 is 1.71 bits per heavy atom. The molecule has 0 aromatic heterocycles. The molecule has 0 unspecified atom stereocenters. The molecule has 150 valence electrons. The molecule has 7 heteroatoms. The van der Waals surface area contributed by atoms with Crippen LogP contribution >= 0.6 is 0 Å². The van der Waals surface area contributed by atoms with Gasteiger partial charge in [0, 0.05) is 70.4 Å². The molecule has 3 aliphatic rings. The van der Waals surface area contributed by atoms with E-state index in [2.05, 4.69) is 21.6 Å². The van der Waals surface area contributed by atoms with Crippen molar-refractivity contribution in [3.05, 3.63) is 23.8 Å². The van der Waals surface area contributed by atoms with E-state index in [0.717, 1.165) is 83.3 Å². The van der Waals surface area contributed by atoms with Gasteiger partial charge in [0.25, 0.3) is 5.91 Å². The second-order valence-electron chi connectivity index (χ2n) is 7.26. The van der Waals surface area contributed by atoms with Crippen molar-refractivity contribution >= 4 is 5.91 Å². The lowest BCUT2D eigenvalue weighted by Gasteiger charge is -2.34. The lowest BCUT2D eigenvalue weighted by molar-refractivity contribution is -0.126. The molecule has 0 spiro atoms. The molecule has 3 aliphatic heterocycles. The highest BCUT2D eigenvalue weighted by molar-refractivity contribution is 5.94. The van der Waals surface area contributed by atoms with Crippen LogP contribution in [0.4, 0.5) is 0 Å². The summed E-state index contributed by atoms with van der Waals surface area (Å²) in [5, 5.41) is 0. The summed E-state index contributed by atoms with van der Waals surface area (Å²) < 4.78 is 16.1. The Morgan fingerprint density at radius 3 is 2.57 bits per heavy atom. The molecule has 0 bridgehead atoms. The zero-order chi connectivity index (χ0) is 19.2. The van der Waals surface area contributed by atoms with Crippen LogP contribution < -0.4 is 9.47 Å². The van der Waals surface area contributed by atoms with E-state index >= 15 is 0 Å². The van der Waals surface area contributed by atoms with Crippen LogP contribution in [0, 0.1) is 11.8 Å². The van der Waals surface area contributed by atoms with Crippen molar-refractivity contribution in [1.82, 2.24) is 14.7 Å². The Balaban J connectivity index is 1.22. The maximum absolute atomic E-state index is 12.4. The summed E-state index contributed by atoms with van der Waals surface area (Å²) >= 11 is 0. The fraction of sp³-hybridized carbons (Fsp3) is 0.571. The fourth-order valence-electron chi connectivity index (χ4n) is 3.66. The van der Waals surface area contributed by atoms with Gasteiger partial charge in [-0.1, -0.05) is 5.92 Å². The SMILES string of the molecule is O=C(C#Cc1ccc2c(c1)OCO2)N1CCN(CCN2CCCOCC2)CC1. The van der Waals surface area contributed by atoms with Gasteiger partial charge in [-0.15, -0.1) is 0 Å². The fourth-order valence-corrected chi connectivity index (χ4v) is 3.66. The van der Waals surface area contributed by atoms with Gasteiger partial charge in [-0.2, -0.15) is 0 Å². The molecule has 0 aliphatic carbocycles. The van der Waals surface area contributed by atoms with E-state index < -0.39 is 0 Å². The molecule has 2 fully saturated rings. The minimum atomic E-state index is -0.109. The number of rotatable bonds is 3. The van der Waals surface area contributed by atoms with Crippen molar-refractivity contribution < 1.29 is 19.0 Å². The second-order valence-corrected chi connectivity index (χ2v) is 7.26. The van der Waals surface area contributed by atoms with E-state index in [4.69, 9.17) is 14.2 Å². The van der Waals surface area contributed by atoms with E-state index in [1.165, 1.54) is 0 Å². The normalized spacial score (nSPS) is 20.4. The topological polar surface area (TPSA) is 54.5 Å². The minimum Gasteiger partial charge on any atom is -0.454 e.